The summed E-state index contributed by atoms with van der Waals surface area (Å²) >= 11 is 0. The number of benzene rings is 2. The maximum absolute atomic E-state index is 12.3. The number of carbonyl (C=O) groups is 1. The lowest BCUT2D eigenvalue weighted by molar-refractivity contribution is 0.0132. The van der Waals surface area contributed by atoms with Crippen LogP contribution in [0.2, 0.25) is 0 Å². The van der Waals surface area contributed by atoms with Gasteiger partial charge in [-0.3, -0.25) is 4.79 Å². The molecule has 22 heavy (non-hydrogen) atoms. The summed E-state index contributed by atoms with van der Waals surface area (Å²) in [5.41, 5.74) is 1.30. The number of ether oxygens (including phenoxy) is 2. The summed E-state index contributed by atoms with van der Waals surface area (Å²) in [5.74, 6) is 0.677. The highest BCUT2D eigenvalue weighted by atomic mass is 16.5. The monoisotopic (exact) mass is 300 g/mol. The molecule has 0 heterocycles. The van der Waals surface area contributed by atoms with Gasteiger partial charge in [0.15, 0.2) is 5.78 Å². The standard InChI is InChI=1S/C18H20O4/c1-14(21-12-11-19)13-22-17-9-7-16(8-10-17)18(20)15-5-3-2-4-6-15/h2-10,14,19H,11-13H2,1H3. The summed E-state index contributed by atoms with van der Waals surface area (Å²) in [4.78, 5) is 12.3. The van der Waals surface area contributed by atoms with Crippen molar-refractivity contribution in [3.63, 3.8) is 0 Å². The lowest BCUT2D eigenvalue weighted by Gasteiger charge is -2.13. The predicted octanol–water partition coefficient (Wildman–Crippen LogP) is 2.69. The molecule has 0 saturated heterocycles. The van der Waals surface area contributed by atoms with Crippen molar-refractivity contribution < 1.29 is 19.4 Å². The first-order chi connectivity index (χ1) is 10.7. The normalized spacial score (nSPS) is 11.9. The van der Waals surface area contributed by atoms with Gasteiger partial charge in [0.05, 0.1) is 19.3 Å². The van der Waals surface area contributed by atoms with Crippen LogP contribution in [0.5, 0.6) is 5.75 Å². The highest BCUT2D eigenvalue weighted by Gasteiger charge is 2.09. The quantitative estimate of drug-likeness (QED) is 0.762. The molecular weight excluding hydrogens is 280 g/mol. The van der Waals surface area contributed by atoms with Crippen LogP contribution in [0, 0.1) is 0 Å². The number of carbonyl (C=O) groups excluding carboxylic acids is 1. The van der Waals surface area contributed by atoms with Crippen molar-refractivity contribution in [3.8, 4) is 5.75 Å². The lowest BCUT2D eigenvalue weighted by Crippen LogP contribution is -2.19. The van der Waals surface area contributed by atoms with Crippen molar-refractivity contribution >= 4 is 5.78 Å². The van der Waals surface area contributed by atoms with Crippen molar-refractivity contribution in [2.24, 2.45) is 0 Å². The van der Waals surface area contributed by atoms with Gasteiger partial charge in [-0.25, -0.2) is 0 Å². The molecule has 116 valence electrons. The Morgan fingerprint density at radius 2 is 1.68 bits per heavy atom. The molecule has 0 spiro atoms. The second kappa shape index (κ2) is 8.32. The molecule has 0 saturated carbocycles. The first-order valence-corrected chi connectivity index (χ1v) is 7.26. The van der Waals surface area contributed by atoms with Gasteiger partial charge in [0, 0.05) is 11.1 Å². The molecule has 2 rings (SSSR count). The molecule has 2 aromatic rings. The molecule has 1 atom stereocenters. The van der Waals surface area contributed by atoms with Crippen molar-refractivity contribution in [2.45, 2.75) is 13.0 Å². The number of aliphatic hydroxyl groups is 1. The number of ketones is 1. The van der Waals surface area contributed by atoms with Gasteiger partial charge in [0.25, 0.3) is 0 Å². The lowest BCUT2D eigenvalue weighted by atomic mass is 10.0. The van der Waals surface area contributed by atoms with E-state index in [0.717, 1.165) is 0 Å². The minimum absolute atomic E-state index is 0.000629. The van der Waals surface area contributed by atoms with E-state index in [-0.39, 0.29) is 18.5 Å². The Balaban J connectivity index is 1.92. The van der Waals surface area contributed by atoms with Crippen LogP contribution in [0.3, 0.4) is 0 Å². The third-order valence-electron chi connectivity index (χ3n) is 3.13. The Morgan fingerprint density at radius 3 is 2.32 bits per heavy atom. The molecule has 0 aliphatic heterocycles. The SMILES string of the molecule is CC(COc1ccc(C(=O)c2ccccc2)cc1)OCCO. The van der Waals surface area contributed by atoms with E-state index in [4.69, 9.17) is 14.6 Å². The largest absolute Gasteiger partial charge is 0.491 e. The maximum atomic E-state index is 12.3. The van der Waals surface area contributed by atoms with Crippen LogP contribution in [0.4, 0.5) is 0 Å². The summed E-state index contributed by atoms with van der Waals surface area (Å²) in [5, 5.41) is 8.68. The van der Waals surface area contributed by atoms with E-state index >= 15 is 0 Å². The summed E-state index contributed by atoms with van der Waals surface area (Å²) in [6, 6.07) is 16.2. The Kier molecular flexibility index (Phi) is 6.13. The predicted molar refractivity (Wildman–Crippen MR) is 84.3 cm³/mol. The van der Waals surface area contributed by atoms with Gasteiger partial charge in [0.2, 0.25) is 0 Å². The third kappa shape index (κ3) is 4.69. The van der Waals surface area contributed by atoms with E-state index in [1.807, 2.05) is 25.1 Å². The van der Waals surface area contributed by atoms with Gasteiger partial charge < -0.3 is 14.6 Å². The molecule has 0 aliphatic carbocycles. The van der Waals surface area contributed by atoms with Crippen LogP contribution in [0.15, 0.2) is 54.6 Å². The fourth-order valence-electron chi connectivity index (χ4n) is 1.97. The first-order valence-electron chi connectivity index (χ1n) is 7.26. The molecule has 0 radical (unpaired) electrons. The fourth-order valence-corrected chi connectivity index (χ4v) is 1.97. The van der Waals surface area contributed by atoms with Gasteiger partial charge in [-0.2, -0.15) is 0 Å². The molecule has 4 heteroatoms. The average Bonchev–Trinajstić information content (AvgIpc) is 2.58. The second-order valence-corrected chi connectivity index (χ2v) is 4.94. The Morgan fingerprint density at radius 1 is 1.05 bits per heavy atom. The summed E-state index contributed by atoms with van der Waals surface area (Å²) in [7, 11) is 0. The fraction of sp³-hybridized carbons (Fsp3) is 0.278. The Hall–Kier alpha value is -2.17. The average molecular weight is 300 g/mol. The highest BCUT2D eigenvalue weighted by molar-refractivity contribution is 6.08. The van der Waals surface area contributed by atoms with Gasteiger partial charge in [-0.15, -0.1) is 0 Å². The minimum Gasteiger partial charge on any atom is -0.491 e. The van der Waals surface area contributed by atoms with Crippen LogP contribution in [-0.2, 0) is 4.74 Å². The van der Waals surface area contributed by atoms with Crippen molar-refractivity contribution in [1.29, 1.82) is 0 Å². The Bertz CT molecular complexity index is 578. The molecule has 0 aromatic heterocycles. The van der Waals surface area contributed by atoms with E-state index in [9.17, 15) is 4.79 Å². The molecule has 0 bridgehead atoms. The maximum Gasteiger partial charge on any atom is 0.193 e. The van der Waals surface area contributed by atoms with E-state index in [1.165, 1.54) is 0 Å². The Labute approximate surface area is 130 Å². The van der Waals surface area contributed by atoms with Gasteiger partial charge >= 0.3 is 0 Å². The van der Waals surface area contributed by atoms with Crippen molar-refractivity contribution in [3.05, 3.63) is 65.7 Å². The molecule has 0 fully saturated rings. The smallest absolute Gasteiger partial charge is 0.193 e. The minimum atomic E-state index is -0.0993. The summed E-state index contributed by atoms with van der Waals surface area (Å²) in [6.45, 7) is 2.57. The topological polar surface area (TPSA) is 55.8 Å². The summed E-state index contributed by atoms with van der Waals surface area (Å²) in [6.07, 6.45) is -0.0993. The van der Waals surface area contributed by atoms with E-state index in [2.05, 4.69) is 0 Å². The van der Waals surface area contributed by atoms with Crippen LogP contribution in [0.1, 0.15) is 22.8 Å². The third-order valence-corrected chi connectivity index (χ3v) is 3.13. The molecule has 0 amide bonds. The zero-order chi connectivity index (χ0) is 15.8. The van der Waals surface area contributed by atoms with E-state index < -0.39 is 0 Å². The van der Waals surface area contributed by atoms with Crippen molar-refractivity contribution in [1.82, 2.24) is 0 Å². The van der Waals surface area contributed by atoms with Crippen LogP contribution >= 0.6 is 0 Å². The molecule has 2 aromatic carbocycles. The van der Waals surface area contributed by atoms with Gasteiger partial charge in [-0.05, 0) is 31.2 Å². The zero-order valence-corrected chi connectivity index (χ0v) is 12.6. The van der Waals surface area contributed by atoms with E-state index in [1.54, 1.807) is 36.4 Å². The number of hydrogen-bond acceptors (Lipinski definition) is 4. The van der Waals surface area contributed by atoms with Crippen LogP contribution in [0.25, 0.3) is 0 Å². The molecule has 0 aliphatic rings. The molecule has 1 N–H and O–H groups in total. The van der Waals surface area contributed by atoms with E-state index in [0.29, 0.717) is 30.1 Å². The summed E-state index contributed by atoms with van der Waals surface area (Å²) < 4.78 is 10.9. The van der Waals surface area contributed by atoms with Crippen molar-refractivity contribution in [2.75, 3.05) is 19.8 Å². The van der Waals surface area contributed by atoms with Crippen LogP contribution in [-0.4, -0.2) is 36.8 Å². The van der Waals surface area contributed by atoms with Gasteiger partial charge in [0.1, 0.15) is 12.4 Å². The number of hydrogen-bond donors (Lipinski definition) is 1. The zero-order valence-electron chi connectivity index (χ0n) is 12.6. The van der Waals surface area contributed by atoms with Gasteiger partial charge in [-0.1, -0.05) is 30.3 Å². The molecule has 1 unspecified atom stereocenters. The molecule has 4 nitrogen and oxygen atoms in total. The highest BCUT2D eigenvalue weighted by Crippen LogP contribution is 2.16. The van der Waals surface area contributed by atoms with Crippen LogP contribution < -0.4 is 4.74 Å². The molecular formula is C18H20O4. The number of rotatable bonds is 8. The first kappa shape index (κ1) is 16.2. The second-order valence-electron chi connectivity index (χ2n) is 4.94. The number of aliphatic hydroxyl groups excluding tert-OH is 1.